The van der Waals surface area contributed by atoms with Gasteiger partial charge in [-0.25, -0.2) is 9.78 Å². The first-order chi connectivity index (χ1) is 15.7. The number of aromatic nitrogens is 1. The smallest absolute Gasteiger partial charge is 0.325 e. The molecule has 0 radical (unpaired) electrons. The lowest BCUT2D eigenvalue weighted by Crippen LogP contribution is -2.45. The second-order valence-electron chi connectivity index (χ2n) is 8.93. The zero-order valence-corrected chi connectivity index (χ0v) is 19.3. The molecule has 1 aromatic heterocycles. The molecule has 9 heteroatoms. The summed E-state index contributed by atoms with van der Waals surface area (Å²) in [5, 5.41) is 5.43. The molecule has 2 aromatic rings. The molecule has 3 unspecified atom stereocenters. The van der Waals surface area contributed by atoms with Gasteiger partial charge in [0.1, 0.15) is 17.9 Å². The van der Waals surface area contributed by atoms with Gasteiger partial charge in [0.15, 0.2) is 0 Å². The number of carbonyl (C=O) groups excluding carboxylic acids is 3. The van der Waals surface area contributed by atoms with Crippen molar-refractivity contribution < 1.29 is 19.1 Å². The number of amides is 4. The van der Waals surface area contributed by atoms with Crippen LogP contribution in [0.1, 0.15) is 31.9 Å². The van der Waals surface area contributed by atoms with Gasteiger partial charge in [0.25, 0.3) is 5.91 Å². The highest BCUT2D eigenvalue weighted by Gasteiger charge is 2.49. The maximum Gasteiger partial charge on any atom is 0.325 e. The monoisotopic (exact) mass is 451 g/mol. The Morgan fingerprint density at radius 2 is 1.82 bits per heavy atom. The Morgan fingerprint density at radius 3 is 2.42 bits per heavy atom. The Bertz CT molecular complexity index is 1050. The molecule has 4 rings (SSSR count). The molecular formula is C24H29N5O4. The number of ether oxygens (including phenoxy) is 1. The Hall–Kier alpha value is -3.46. The maximum absolute atomic E-state index is 13.0. The van der Waals surface area contributed by atoms with Gasteiger partial charge in [-0.2, -0.15) is 0 Å². The number of pyridine rings is 1. The molecule has 2 saturated heterocycles. The van der Waals surface area contributed by atoms with E-state index in [1.54, 1.807) is 31.3 Å². The molecule has 0 bridgehead atoms. The van der Waals surface area contributed by atoms with E-state index >= 15 is 0 Å². The molecule has 1 aromatic carbocycles. The number of benzene rings is 1. The van der Waals surface area contributed by atoms with Crippen LogP contribution < -0.4 is 15.5 Å². The van der Waals surface area contributed by atoms with Crippen molar-refractivity contribution in [2.45, 2.75) is 45.4 Å². The van der Waals surface area contributed by atoms with Crippen molar-refractivity contribution in [3.05, 3.63) is 53.7 Å². The van der Waals surface area contributed by atoms with Gasteiger partial charge in [-0.15, -0.1) is 0 Å². The fraction of sp³-hybridized carbons (Fsp3) is 0.417. The highest BCUT2D eigenvalue weighted by atomic mass is 16.5. The van der Waals surface area contributed by atoms with Gasteiger partial charge in [-0.1, -0.05) is 29.8 Å². The highest BCUT2D eigenvalue weighted by Crippen LogP contribution is 2.29. The van der Waals surface area contributed by atoms with E-state index in [1.807, 2.05) is 39.0 Å². The SMILES string of the molecule is Cc1ccc(C2(C)NC(=O)N(CC(=O)Nc3ccc(N4CC(C)OC(C)C4)nc3)C2=O)cc1. The number of hydrogen-bond acceptors (Lipinski definition) is 6. The van der Waals surface area contributed by atoms with E-state index in [1.165, 1.54) is 0 Å². The van der Waals surface area contributed by atoms with E-state index in [0.29, 0.717) is 11.3 Å². The van der Waals surface area contributed by atoms with E-state index in [4.69, 9.17) is 4.74 Å². The molecule has 0 saturated carbocycles. The molecule has 2 aliphatic rings. The molecule has 2 fully saturated rings. The van der Waals surface area contributed by atoms with Crippen LogP contribution in [0.2, 0.25) is 0 Å². The molecule has 9 nitrogen and oxygen atoms in total. The van der Waals surface area contributed by atoms with E-state index in [-0.39, 0.29) is 18.8 Å². The molecule has 4 amide bonds. The number of morpholine rings is 1. The number of carbonyl (C=O) groups is 3. The zero-order valence-electron chi connectivity index (χ0n) is 19.3. The summed E-state index contributed by atoms with van der Waals surface area (Å²) >= 11 is 0. The Labute approximate surface area is 193 Å². The first-order valence-electron chi connectivity index (χ1n) is 11.0. The standard InChI is InChI=1S/C24H29N5O4/c1-15-5-7-18(8-6-15)24(4)22(31)29(23(32)27-24)14-21(30)26-19-9-10-20(25-11-19)28-12-16(2)33-17(3)13-28/h5-11,16-17H,12-14H2,1-4H3,(H,26,30)(H,27,32). The number of rotatable bonds is 5. The highest BCUT2D eigenvalue weighted by molar-refractivity contribution is 6.10. The minimum atomic E-state index is -1.21. The molecule has 33 heavy (non-hydrogen) atoms. The van der Waals surface area contributed by atoms with E-state index in [0.717, 1.165) is 29.4 Å². The Morgan fingerprint density at radius 1 is 1.15 bits per heavy atom. The van der Waals surface area contributed by atoms with E-state index in [9.17, 15) is 14.4 Å². The summed E-state index contributed by atoms with van der Waals surface area (Å²) < 4.78 is 5.75. The van der Waals surface area contributed by atoms with Crippen LogP contribution in [-0.2, 0) is 19.9 Å². The summed E-state index contributed by atoms with van der Waals surface area (Å²) in [6.45, 7) is 8.75. The topological polar surface area (TPSA) is 104 Å². The van der Waals surface area contributed by atoms with Gasteiger partial charge in [0.2, 0.25) is 5.91 Å². The van der Waals surface area contributed by atoms with Gasteiger partial charge in [-0.05, 0) is 45.4 Å². The fourth-order valence-electron chi connectivity index (χ4n) is 4.28. The summed E-state index contributed by atoms with van der Waals surface area (Å²) in [5.74, 6) is -0.136. The number of imide groups is 1. The summed E-state index contributed by atoms with van der Waals surface area (Å²) in [6.07, 6.45) is 1.80. The predicted molar refractivity (Wildman–Crippen MR) is 124 cm³/mol. The lowest BCUT2D eigenvalue weighted by atomic mass is 9.91. The molecule has 3 heterocycles. The van der Waals surface area contributed by atoms with Crippen molar-refractivity contribution in [2.24, 2.45) is 0 Å². The van der Waals surface area contributed by atoms with Gasteiger partial charge < -0.3 is 20.3 Å². The van der Waals surface area contributed by atoms with E-state index in [2.05, 4.69) is 20.5 Å². The van der Waals surface area contributed by atoms with Gasteiger partial charge in [0, 0.05) is 13.1 Å². The number of nitrogens with one attached hydrogen (secondary N) is 2. The molecule has 174 valence electrons. The minimum absolute atomic E-state index is 0.115. The van der Waals surface area contributed by atoms with Crippen molar-refractivity contribution in [2.75, 3.05) is 29.9 Å². The summed E-state index contributed by atoms with van der Waals surface area (Å²) in [5.41, 5.74) is 1.00. The van der Waals surface area contributed by atoms with Crippen LogP contribution in [0.15, 0.2) is 42.6 Å². The molecule has 2 N–H and O–H groups in total. The number of nitrogens with zero attached hydrogens (tertiary/aromatic N) is 3. The average Bonchev–Trinajstić information content (AvgIpc) is 2.98. The fourth-order valence-corrected chi connectivity index (χ4v) is 4.28. The molecule has 2 aliphatic heterocycles. The van der Waals surface area contributed by atoms with Crippen molar-refractivity contribution >= 4 is 29.4 Å². The van der Waals surface area contributed by atoms with Crippen LogP contribution in [0.5, 0.6) is 0 Å². The van der Waals surface area contributed by atoms with Crippen LogP contribution in [0, 0.1) is 6.92 Å². The van der Waals surface area contributed by atoms with Gasteiger partial charge >= 0.3 is 6.03 Å². The second-order valence-corrected chi connectivity index (χ2v) is 8.93. The summed E-state index contributed by atoms with van der Waals surface area (Å²) in [7, 11) is 0. The quantitative estimate of drug-likeness (QED) is 0.677. The first kappa shape index (κ1) is 22.7. The number of aryl methyl sites for hydroxylation is 1. The van der Waals surface area contributed by atoms with Crippen LogP contribution in [0.25, 0.3) is 0 Å². The maximum atomic E-state index is 13.0. The lowest BCUT2D eigenvalue weighted by Gasteiger charge is -2.36. The van der Waals surface area contributed by atoms with Crippen LogP contribution in [0.4, 0.5) is 16.3 Å². The molecule has 0 spiro atoms. The van der Waals surface area contributed by atoms with Crippen molar-refractivity contribution in [3.8, 4) is 0 Å². The zero-order chi connectivity index (χ0) is 23.8. The van der Waals surface area contributed by atoms with Crippen molar-refractivity contribution in [3.63, 3.8) is 0 Å². The largest absolute Gasteiger partial charge is 0.372 e. The predicted octanol–water partition coefficient (Wildman–Crippen LogP) is 2.41. The third kappa shape index (κ3) is 4.68. The normalized spacial score (nSPS) is 25.2. The molecule has 0 aliphatic carbocycles. The van der Waals surface area contributed by atoms with E-state index < -0.39 is 23.4 Å². The Kier molecular flexibility index (Phi) is 6.07. The number of urea groups is 1. The molecular weight excluding hydrogens is 422 g/mol. The summed E-state index contributed by atoms with van der Waals surface area (Å²) in [6, 6.07) is 10.4. The van der Waals surface area contributed by atoms with Crippen molar-refractivity contribution in [1.29, 1.82) is 0 Å². The van der Waals surface area contributed by atoms with Crippen molar-refractivity contribution in [1.82, 2.24) is 15.2 Å². The van der Waals surface area contributed by atoms with Crippen LogP contribution in [-0.4, -0.2) is 59.6 Å². The Balaban J connectivity index is 1.39. The second kappa shape index (κ2) is 8.82. The molecule has 3 atom stereocenters. The van der Waals surface area contributed by atoms with Gasteiger partial charge in [0.05, 0.1) is 24.1 Å². The lowest BCUT2D eigenvalue weighted by molar-refractivity contribution is -0.133. The summed E-state index contributed by atoms with van der Waals surface area (Å²) in [4.78, 5) is 45.6. The van der Waals surface area contributed by atoms with Gasteiger partial charge in [-0.3, -0.25) is 14.5 Å². The first-order valence-corrected chi connectivity index (χ1v) is 11.0. The van der Waals surface area contributed by atoms with Crippen LogP contribution in [0.3, 0.4) is 0 Å². The van der Waals surface area contributed by atoms with Crippen LogP contribution >= 0.6 is 0 Å². The minimum Gasteiger partial charge on any atom is -0.372 e. The average molecular weight is 452 g/mol. The third-order valence-electron chi connectivity index (χ3n) is 5.98. The number of hydrogen-bond donors (Lipinski definition) is 2. The third-order valence-corrected chi connectivity index (χ3v) is 5.98. The number of anilines is 2.